The summed E-state index contributed by atoms with van der Waals surface area (Å²) in [5, 5.41) is 0.510. The number of imide groups is 1. The fourth-order valence-electron chi connectivity index (χ4n) is 3.66. The Morgan fingerprint density at radius 3 is 2.00 bits per heavy atom. The Hall–Kier alpha value is -3.44. The van der Waals surface area contributed by atoms with Gasteiger partial charge in [-0.05, 0) is 62.4 Å². The Morgan fingerprint density at radius 1 is 0.871 bits per heavy atom. The molecule has 0 N–H and O–H groups in total. The third kappa shape index (κ3) is 4.09. The zero-order valence-corrected chi connectivity index (χ0v) is 18.0. The molecule has 3 aromatic rings. The lowest BCUT2D eigenvalue weighted by molar-refractivity contribution is -0.121. The molecular weight excluding hydrogens is 412 g/mol. The predicted molar refractivity (Wildman–Crippen MR) is 122 cm³/mol. The van der Waals surface area contributed by atoms with E-state index in [9.17, 15) is 14.4 Å². The van der Waals surface area contributed by atoms with Gasteiger partial charge in [-0.25, -0.2) is 4.90 Å². The first kappa shape index (κ1) is 20.8. The van der Waals surface area contributed by atoms with Gasteiger partial charge < -0.3 is 0 Å². The molecule has 1 atom stereocenters. The van der Waals surface area contributed by atoms with E-state index in [2.05, 4.69) is 0 Å². The first-order valence-corrected chi connectivity index (χ1v) is 10.3. The molecule has 1 heterocycles. The summed E-state index contributed by atoms with van der Waals surface area (Å²) in [6.07, 6.45) is -0.0834. The van der Waals surface area contributed by atoms with E-state index in [1.54, 1.807) is 48.5 Å². The molecule has 6 heteroatoms. The molecule has 1 aliphatic heterocycles. The second-order valence-corrected chi connectivity index (χ2v) is 8.08. The maximum atomic E-state index is 13.5. The van der Waals surface area contributed by atoms with Crippen molar-refractivity contribution in [2.24, 2.45) is 0 Å². The first-order chi connectivity index (χ1) is 14.8. The lowest BCUT2D eigenvalue weighted by Gasteiger charge is -2.28. The van der Waals surface area contributed by atoms with Crippen LogP contribution in [0.3, 0.4) is 0 Å². The van der Waals surface area contributed by atoms with Crippen LogP contribution in [0.15, 0.2) is 72.8 Å². The molecule has 0 aliphatic carbocycles. The van der Waals surface area contributed by atoms with E-state index in [1.165, 1.54) is 9.80 Å². The minimum atomic E-state index is -0.931. The highest BCUT2D eigenvalue weighted by Crippen LogP contribution is 2.30. The second kappa shape index (κ2) is 8.36. The number of aryl methyl sites for hydroxylation is 2. The van der Waals surface area contributed by atoms with Gasteiger partial charge in [0.2, 0.25) is 5.91 Å². The fraction of sp³-hybridized carbons (Fsp3) is 0.160. The monoisotopic (exact) mass is 432 g/mol. The van der Waals surface area contributed by atoms with Gasteiger partial charge in [-0.1, -0.05) is 47.0 Å². The van der Waals surface area contributed by atoms with Gasteiger partial charge in [0, 0.05) is 16.3 Å². The summed E-state index contributed by atoms with van der Waals surface area (Å²) in [7, 11) is 0. The van der Waals surface area contributed by atoms with Gasteiger partial charge in [0.05, 0.1) is 12.1 Å². The van der Waals surface area contributed by atoms with Crippen LogP contribution in [0, 0.1) is 13.8 Å². The summed E-state index contributed by atoms with van der Waals surface area (Å²) in [6.45, 7) is 3.88. The lowest BCUT2D eigenvalue weighted by atomic mass is 10.1. The van der Waals surface area contributed by atoms with Gasteiger partial charge >= 0.3 is 0 Å². The summed E-state index contributed by atoms with van der Waals surface area (Å²) in [5.74, 6) is -1.12. The number of rotatable bonds is 4. The number of carbonyl (C=O) groups excluding carboxylic acids is 3. The molecule has 0 radical (unpaired) electrons. The summed E-state index contributed by atoms with van der Waals surface area (Å²) in [6, 6.07) is 20.0. The van der Waals surface area contributed by atoms with Crippen LogP contribution < -0.4 is 9.80 Å². The van der Waals surface area contributed by atoms with Gasteiger partial charge in [0.25, 0.3) is 11.8 Å². The van der Waals surface area contributed by atoms with Gasteiger partial charge in [0.15, 0.2) is 0 Å². The number of nitrogens with zero attached hydrogens (tertiary/aromatic N) is 2. The number of anilines is 2. The minimum absolute atomic E-state index is 0.0834. The van der Waals surface area contributed by atoms with Gasteiger partial charge in [-0.15, -0.1) is 0 Å². The van der Waals surface area contributed by atoms with Crippen molar-refractivity contribution in [1.29, 1.82) is 0 Å². The van der Waals surface area contributed by atoms with E-state index >= 15 is 0 Å². The standard InChI is InChI=1S/C25H21ClN2O3/c1-16-3-11-20(12-4-16)27(24(30)18-7-9-19(26)10-8-18)22-15-23(29)28(25(22)31)21-13-5-17(2)6-14-21/h3-14,22H,15H2,1-2H3/t22-/m0/s1. The van der Waals surface area contributed by atoms with Gasteiger partial charge in [-0.3, -0.25) is 19.3 Å². The Kier molecular flexibility index (Phi) is 5.61. The molecule has 31 heavy (non-hydrogen) atoms. The Labute approximate surface area is 185 Å². The molecule has 0 saturated carbocycles. The Balaban J connectivity index is 1.74. The molecule has 0 aromatic heterocycles. The molecule has 0 unspecified atom stereocenters. The van der Waals surface area contributed by atoms with E-state index in [0.29, 0.717) is 22.0 Å². The number of benzene rings is 3. The van der Waals surface area contributed by atoms with Crippen LogP contribution in [0.25, 0.3) is 0 Å². The SMILES string of the molecule is Cc1ccc(N2C(=O)C[C@H](N(C(=O)c3ccc(Cl)cc3)c3ccc(C)cc3)C2=O)cc1. The molecule has 5 nitrogen and oxygen atoms in total. The smallest absolute Gasteiger partial charge is 0.259 e. The highest BCUT2D eigenvalue weighted by Gasteiger charge is 2.45. The predicted octanol–water partition coefficient (Wildman–Crippen LogP) is 4.94. The van der Waals surface area contributed by atoms with E-state index < -0.39 is 11.9 Å². The Morgan fingerprint density at radius 2 is 1.42 bits per heavy atom. The number of hydrogen-bond donors (Lipinski definition) is 0. The molecule has 1 aliphatic rings. The summed E-state index contributed by atoms with van der Waals surface area (Å²) in [4.78, 5) is 42.2. The summed E-state index contributed by atoms with van der Waals surface area (Å²) in [5.41, 5.74) is 3.50. The van der Waals surface area contributed by atoms with Crippen LogP contribution in [-0.4, -0.2) is 23.8 Å². The summed E-state index contributed by atoms with van der Waals surface area (Å²) < 4.78 is 0. The van der Waals surface area contributed by atoms with E-state index in [-0.39, 0.29) is 18.2 Å². The third-order valence-corrected chi connectivity index (χ3v) is 5.60. The maximum Gasteiger partial charge on any atom is 0.259 e. The second-order valence-electron chi connectivity index (χ2n) is 7.64. The molecular formula is C25H21ClN2O3. The maximum absolute atomic E-state index is 13.5. The zero-order valence-electron chi connectivity index (χ0n) is 17.2. The average molecular weight is 433 g/mol. The largest absolute Gasteiger partial charge is 0.295 e. The van der Waals surface area contributed by atoms with Crippen LogP contribution in [0.5, 0.6) is 0 Å². The highest BCUT2D eigenvalue weighted by molar-refractivity contribution is 6.30. The van der Waals surface area contributed by atoms with Crippen molar-refractivity contribution in [2.75, 3.05) is 9.80 Å². The zero-order chi connectivity index (χ0) is 22.1. The van der Waals surface area contributed by atoms with E-state index in [4.69, 9.17) is 11.6 Å². The van der Waals surface area contributed by atoms with Crippen molar-refractivity contribution < 1.29 is 14.4 Å². The van der Waals surface area contributed by atoms with E-state index in [0.717, 1.165) is 11.1 Å². The van der Waals surface area contributed by atoms with Crippen molar-refractivity contribution in [1.82, 2.24) is 0 Å². The molecule has 3 aromatic carbocycles. The molecule has 0 spiro atoms. The Bertz CT molecular complexity index is 1140. The lowest BCUT2D eigenvalue weighted by Crippen LogP contribution is -2.45. The number of halogens is 1. The van der Waals surface area contributed by atoms with Crippen LogP contribution in [0.2, 0.25) is 5.02 Å². The molecule has 1 saturated heterocycles. The van der Waals surface area contributed by atoms with Crippen molar-refractivity contribution in [3.8, 4) is 0 Å². The van der Waals surface area contributed by atoms with Crippen molar-refractivity contribution in [3.05, 3.63) is 94.5 Å². The quantitative estimate of drug-likeness (QED) is 0.549. The van der Waals surface area contributed by atoms with Crippen molar-refractivity contribution >= 4 is 40.7 Å². The van der Waals surface area contributed by atoms with Crippen molar-refractivity contribution in [3.63, 3.8) is 0 Å². The van der Waals surface area contributed by atoms with Crippen LogP contribution >= 0.6 is 11.6 Å². The molecule has 1 fully saturated rings. The molecule has 156 valence electrons. The average Bonchev–Trinajstić information content (AvgIpc) is 3.04. The first-order valence-electron chi connectivity index (χ1n) is 9.94. The fourth-order valence-corrected chi connectivity index (χ4v) is 3.78. The van der Waals surface area contributed by atoms with Crippen LogP contribution in [0.4, 0.5) is 11.4 Å². The summed E-state index contributed by atoms with van der Waals surface area (Å²) >= 11 is 5.97. The van der Waals surface area contributed by atoms with E-state index in [1.807, 2.05) is 38.1 Å². The normalized spacial score (nSPS) is 16.0. The minimum Gasteiger partial charge on any atom is -0.295 e. The van der Waals surface area contributed by atoms with Crippen LogP contribution in [-0.2, 0) is 9.59 Å². The number of carbonyl (C=O) groups is 3. The van der Waals surface area contributed by atoms with Gasteiger partial charge in [0.1, 0.15) is 6.04 Å². The topological polar surface area (TPSA) is 57.7 Å². The van der Waals surface area contributed by atoms with Gasteiger partial charge in [-0.2, -0.15) is 0 Å². The highest BCUT2D eigenvalue weighted by atomic mass is 35.5. The van der Waals surface area contributed by atoms with Crippen LogP contribution in [0.1, 0.15) is 27.9 Å². The number of amides is 3. The number of hydrogen-bond acceptors (Lipinski definition) is 3. The molecule has 4 rings (SSSR count). The molecule has 0 bridgehead atoms. The van der Waals surface area contributed by atoms with Crippen molar-refractivity contribution in [2.45, 2.75) is 26.3 Å². The third-order valence-electron chi connectivity index (χ3n) is 5.35. The molecule has 3 amide bonds.